The van der Waals surface area contributed by atoms with Gasteiger partial charge in [0.25, 0.3) is 0 Å². The fourth-order valence-corrected chi connectivity index (χ4v) is 1.30. The lowest BCUT2D eigenvalue weighted by Gasteiger charge is -2.07. The molecule has 5 nitrogen and oxygen atoms in total. The molecule has 0 saturated heterocycles. The van der Waals surface area contributed by atoms with E-state index in [2.05, 4.69) is 22.2 Å². The monoisotopic (exact) mass is 244 g/mol. The Morgan fingerprint density at radius 1 is 1.44 bits per heavy atom. The van der Waals surface area contributed by atoms with Crippen LogP contribution in [-0.2, 0) is 4.74 Å². The van der Waals surface area contributed by atoms with Crippen LogP contribution in [0.3, 0.4) is 0 Å². The first-order chi connectivity index (χ1) is 7.75. The van der Waals surface area contributed by atoms with Gasteiger partial charge >= 0.3 is 0 Å². The Labute approximate surface area is 100 Å². The molecule has 0 radical (unpaired) electrons. The molecule has 0 amide bonds. The van der Waals surface area contributed by atoms with E-state index in [0.717, 1.165) is 32.6 Å². The standard InChI is InChI=1S/C10H17ClN4O/c1-2-5-16-6-3-4-13-10-8(11)9(12)14-7-15-10/h7H,2-6H2,1H3,(H3,12,13,14,15). The molecule has 1 heterocycles. The van der Waals surface area contributed by atoms with E-state index in [4.69, 9.17) is 22.1 Å². The van der Waals surface area contributed by atoms with Crippen molar-refractivity contribution in [2.75, 3.05) is 30.8 Å². The summed E-state index contributed by atoms with van der Waals surface area (Å²) in [7, 11) is 0. The van der Waals surface area contributed by atoms with Gasteiger partial charge in [-0.1, -0.05) is 18.5 Å². The summed E-state index contributed by atoms with van der Waals surface area (Å²) in [6.45, 7) is 4.38. The fourth-order valence-electron chi connectivity index (χ4n) is 1.13. The van der Waals surface area contributed by atoms with E-state index in [1.807, 2.05) is 0 Å². The Hall–Kier alpha value is -1.07. The zero-order valence-corrected chi connectivity index (χ0v) is 10.1. The number of nitrogens with two attached hydrogens (primary N) is 1. The third kappa shape index (κ3) is 4.20. The van der Waals surface area contributed by atoms with Crippen LogP contribution in [0, 0.1) is 0 Å². The van der Waals surface area contributed by atoms with Crippen molar-refractivity contribution in [1.29, 1.82) is 0 Å². The fraction of sp³-hybridized carbons (Fsp3) is 0.600. The molecule has 0 saturated carbocycles. The lowest BCUT2D eigenvalue weighted by Crippen LogP contribution is -2.08. The molecule has 0 bridgehead atoms. The lowest BCUT2D eigenvalue weighted by atomic mass is 10.4. The lowest BCUT2D eigenvalue weighted by molar-refractivity contribution is 0.134. The van der Waals surface area contributed by atoms with Gasteiger partial charge < -0.3 is 15.8 Å². The Kier molecular flexibility index (Phi) is 5.88. The Morgan fingerprint density at radius 3 is 3.00 bits per heavy atom. The van der Waals surface area contributed by atoms with Crippen molar-refractivity contribution in [3.63, 3.8) is 0 Å². The van der Waals surface area contributed by atoms with Gasteiger partial charge in [-0.15, -0.1) is 0 Å². The molecule has 6 heteroatoms. The normalized spacial score (nSPS) is 10.4. The van der Waals surface area contributed by atoms with Crippen molar-refractivity contribution in [2.45, 2.75) is 19.8 Å². The number of nitrogen functional groups attached to an aromatic ring is 1. The topological polar surface area (TPSA) is 73.1 Å². The SMILES string of the molecule is CCCOCCCNc1ncnc(N)c1Cl. The summed E-state index contributed by atoms with van der Waals surface area (Å²) in [5.41, 5.74) is 5.54. The van der Waals surface area contributed by atoms with Crippen molar-refractivity contribution in [3.8, 4) is 0 Å². The Balaban J connectivity index is 2.24. The van der Waals surface area contributed by atoms with Crippen molar-refractivity contribution in [1.82, 2.24) is 9.97 Å². The molecule has 16 heavy (non-hydrogen) atoms. The first-order valence-corrected chi connectivity index (χ1v) is 5.71. The average Bonchev–Trinajstić information content (AvgIpc) is 2.29. The van der Waals surface area contributed by atoms with Gasteiger partial charge in [-0.3, -0.25) is 0 Å². The Morgan fingerprint density at radius 2 is 2.25 bits per heavy atom. The minimum absolute atomic E-state index is 0.293. The molecular weight excluding hydrogens is 228 g/mol. The molecule has 0 aliphatic carbocycles. The number of nitrogens with one attached hydrogen (secondary N) is 1. The highest BCUT2D eigenvalue weighted by Gasteiger charge is 2.04. The number of hydrogen-bond donors (Lipinski definition) is 2. The third-order valence-electron chi connectivity index (χ3n) is 1.92. The van der Waals surface area contributed by atoms with Crippen molar-refractivity contribution >= 4 is 23.2 Å². The highest BCUT2D eigenvalue weighted by atomic mass is 35.5. The maximum atomic E-state index is 5.91. The summed E-state index contributed by atoms with van der Waals surface area (Å²) >= 11 is 5.91. The summed E-state index contributed by atoms with van der Waals surface area (Å²) in [6, 6.07) is 0. The van der Waals surface area contributed by atoms with E-state index < -0.39 is 0 Å². The van der Waals surface area contributed by atoms with E-state index >= 15 is 0 Å². The van der Waals surface area contributed by atoms with Gasteiger partial charge in [0.15, 0.2) is 0 Å². The van der Waals surface area contributed by atoms with Crippen LogP contribution >= 0.6 is 11.6 Å². The predicted molar refractivity (Wildman–Crippen MR) is 65.7 cm³/mol. The third-order valence-corrected chi connectivity index (χ3v) is 2.30. The zero-order valence-electron chi connectivity index (χ0n) is 9.37. The number of anilines is 2. The summed E-state index contributed by atoms with van der Waals surface area (Å²) in [5.74, 6) is 0.867. The Bertz CT molecular complexity index is 322. The van der Waals surface area contributed by atoms with Crippen LogP contribution < -0.4 is 11.1 Å². The quantitative estimate of drug-likeness (QED) is 0.717. The van der Waals surface area contributed by atoms with Crippen LogP contribution in [0.4, 0.5) is 11.6 Å². The summed E-state index contributed by atoms with van der Waals surface area (Å²) in [4.78, 5) is 7.78. The second kappa shape index (κ2) is 7.24. The number of ether oxygens (including phenoxy) is 1. The van der Waals surface area contributed by atoms with E-state index in [-0.39, 0.29) is 0 Å². The van der Waals surface area contributed by atoms with E-state index in [1.165, 1.54) is 6.33 Å². The molecular formula is C10H17ClN4O. The summed E-state index contributed by atoms with van der Waals surface area (Å²) < 4.78 is 5.34. The maximum Gasteiger partial charge on any atom is 0.150 e. The summed E-state index contributed by atoms with van der Waals surface area (Å²) in [5, 5.41) is 3.46. The van der Waals surface area contributed by atoms with E-state index in [0.29, 0.717) is 16.7 Å². The second-order valence-electron chi connectivity index (χ2n) is 3.31. The van der Waals surface area contributed by atoms with Crippen LogP contribution in [0.15, 0.2) is 6.33 Å². The molecule has 0 spiro atoms. The molecule has 90 valence electrons. The maximum absolute atomic E-state index is 5.91. The van der Waals surface area contributed by atoms with Crippen molar-refractivity contribution < 1.29 is 4.74 Å². The highest BCUT2D eigenvalue weighted by molar-refractivity contribution is 6.35. The van der Waals surface area contributed by atoms with Crippen LogP contribution in [0.2, 0.25) is 5.02 Å². The number of rotatable bonds is 7. The first-order valence-electron chi connectivity index (χ1n) is 5.33. The van der Waals surface area contributed by atoms with Crippen molar-refractivity contribution in [2.24, 2.45) is 0 Å². The summed E-state index contributed by atoms with van der Waals surface area (Å²) in [6.07, 6.45) is 3.33. The van der Waals surface area contributed by atoms with Gasteiger partial charge in [0.05, 0.1) is 0 Å². The van der Waals surface area contributed by atoms with Gasteiger partial charge in [0.2, 0.25) is 0 Å². The predicted octanol–water partition coefficient (Wildman–Crippen LogP) is 1.94. The largest absolute Gasteiger partial charge is 0.382 e. The van der Waals surface area contributed by atoms with E-state index in [1.54, 1.807) is 0 Å². The van der Waals surface area contributed by atoms with Crippen LogP contribution in [0.25, 0.3) is 0 Å². The molecule has 0 aromatic carbocycles. The molecule has 0 fully saturated rings. The molecule has 1 aromatic heterocycles. The minimum Gasteiger partial charge on any atom is -0.382 e. The molecule has 1 rings (SSSR count). The van der Waals surface area contributed by atoms with Crippen LogP contribution in [0.5, 0.6) is 0 Å². The first kappa shape index (κ1) is 13.0. The number of aromatic nitrogens is 2. The molecule has 3 N–H and O–H groups in total. The van der Waals surface area contributed by atoms with Gasteiger partial charge in [0, 0.05) is 19.8 Å². The van der Waals surface area contributed by atoms with Crippen molar-refractivity contribution in [3.05, 3.63) is 11.3 Å². The molecule has 1 aromatic rings. The number of nitrogens with zero attached hydrogens (tertiary/aromatic N) is 2. The van der Waals surface area contributed by atoms with E-state index in [9.17, 15) is 0 Å². The number of hydrogen-bond acceptors (Lipinski definition) is 5. The van der Waals surface area contributed by atoms with Gasteiger partial charge in [-0.25, -0.2) is 9.97 Å². The average molecular weight is 245 g/mol. The molecule has 0 unspecified atom stereocenters. The smallest absolute Gasteiger partial charge is 0.150 e. The van der Waals surface area contributed by atoms with Gasteiger partial charge in [0.1, 0.15) is 23.0 Å². The second-order valence-corrected chi connectivity index (χ2v) is 3.69. The molecule has 0 atom stereocenters. The van der Waals surface area contributed by atoms with Crippen LogP contribution in [0.1, 0.15) is 19.8 Å². The molecule has 0 aliphatic rings. The minimum atomic E-state index is 0.293. The number of halogens is 1. The van der Waals surface area contributed by atoms with Crippen LogP contribution in [-0.4, -0.2) is 29.7 Å². The zero-order chi connectivity index (χ0) is 11.8. The highest BCUT2D eigenvalue weighted by Crippen LogP contribution is 2.22. The molecule has 0 aliphatic heterocycles. The van der Waals surface area contributed by atoms with Gasteiger partial charge in [-0.2, -0.15) is 0 Å². The van der Waals surface area contributed by atoms with Gasteiger partial charge in [-0.05, 0) is 12.8 Å².